The minimum Gasteiger partial charge on any atom is -0.497 e. The van der Waals surface area contributed by atoms with Crippen molar-refractivity contribution in [2.45, 2.75) is 50.5 Å². The summed E-state index contributed by atoms with van der Waals surface area (Å²) in [4.78, 5) is 12.1. The Morgan fingerprint density at radius 2 is 1.83 bits per heavy atom. The Morgan fingerprint density at radius 3 is 2.51 bits per heavy atom. The molecule has 0 spiro atoms. The van der Waals surface area contributed by atoms with Crippen LogP contribution in [-0.4, -0.2) is 20.2 Å². The van der Waals surface area contributed by atoms with Crippen molar-refractivity contribution in [1.82, 2.24) is 0 Å². The highest BCUT2D eigenvalue weighted by Crippen LogP contribution is 2.44. The predicted octanol–water partition coefficient (Wildman–Crippen LogP) is 7.01. The molecule has 0 N–H and O–H groups in total. The summed E-state index contributed by atoms with van der Waals surface area (Å²) in [5.41, 5.74) is 4.74. The molecule has 0 bridgehead atoms. The van der Waals surface area contributed by atoms with Crippen molar-refractivity contribution in [1.29, 1.82) is 0 Å². The van der Waals surface area contributed by atoms with Crippen LogP contribution in [0, 0.1) is 11.7 Å². The number of hydrogen-bond acceptors (Lipinski definition) is 4. The fourth-order valence-electron chi connectivity index (χ4n) is 5.24. The Kier molecular flexibility index (Phi) is 6.76. The average molecular weight is 475 g/mol. The van der Waals surface area contributed by atoms with Crippen LogP contribution < -0.4 is 9.47 Å². The van der Waals surface area contributed by atoms with Crippen LogP contribution in [0.5, 0.6) is 11.5 Å². The van der Waals surface area contributed by atoms with E-state index in [2.05, 4.69) is 18.2 Å². The SMILES string of the molecule is COC(=O)C[C@H](c1ccc2c(c1)O[C@H](c1ccc(-c3cc(OC)ccc3F)cc1)CC2)C1CCC1. The van der Waals surface area contributed by atoms with E-state index in [1.54, 1.807) is 19.2 Å². The number of methoxy groups -OCH3 is 2. The summed E-state index contributed by atoms with van der Waals surface area (Å²) in [6.07, 6.45) is 5.69. The van der Waals surface area contributed by atoms with Crippen molar-refractivity contribution < 1.29 is 23.4 Å². The summed E-state index contributed by atoms with van der Waals surface area (Å²) >= 11 is 0. The lowest BCUT2D eigenvalue weighted by Gasteiger charge is -2.34. The molecule has 182 valence electrons. The number of hydrogen-bond donors (Lipinski definition) is 0. The Hall–Kier alpha value is -3.34. The van der Waals surface area contributed by atoms with Crippen molar-refractivity contribution in [2.75, 3.05) is 14.2 Å². The highest BCUT2D eigenvalue weighted by Gasteiger charge is 2.32. The summed E-state index contributed by atoms with van der Waals surface area (Å²) in [5, 5.41) is 0. The molecular weight excluding hydrogens is 443 g/mol. The van der Waals surface area contributed by atoms with Gasteiger partial charge in [0.05, 0.1) is 20.6 Å². The number of halogens is 1. The molecular formula is C30H31FO4. The Morgan fingerprint density at radius 1 is 1.03 bits per heavy atom. The summed E-state index contributed by atoms with van der Waals surface area (Å²) < 4.78 is 31.1. The molecule has 5 rings (SSSR count). The lowest BCUT2D eigenvalue weighted by molar-refractivity contribution is -0.141. The van der Waals surface area contributed by atoms with Crippen LogP contribution in [0.1, 0.15) is 60.8 Å². The minimum atomic E-state index is -0.276. The second kappa shape index (κ2) is 10.1. The second-order valence-electron chi connectivity index (χ2n) is 9.56. The minimum absolute atomic E-state index is 0.0651. The molecule has 2 aliphatic rings. The molecule has 1 aliphatic heterocycles. The molecule has 1 heterocycles. The third-order valence-corrected chi connectivity index (χ3v) is 7.56. The van der Waals surface area contributed by atoms with Crippen LogP contribution in [0.25, 0.3) is 11.1 Å². The monoisotopic (exact) mass is 474 g/mol. The van der Waals surface area contributed by atoms with Gasteiger partial charge in [-0.05, 0) is 84.0 Å². The van der Waals surface area contributed by atoms with Gasteiger partial charge in [-0.1, -0.05) is 42.8 Å². The van der Waals surface area contributed by atoms with Gasteiger partial charge in [-0.25, -0.2) is 4.39 Å². The number of esters is 1. The molecule has 3 aromatic rings. The Labute approximate surface area is 206 Å². The summed E-state index contributed by atoms with van der Waals surface area (Å²) in [7, 11) is 3.03. The molecule has 0 unspecified atom stereocenters. The van der Waals surface area contributed by atoms with Crippen LogP contribution >= 0.6 is 0 Å². The number of benzene rings is 3. The number of rotatable bonds is 7. The Bertz CT molecular complexity index is 1200. The number of carbonyl (C=O) groups excluding carboxylic acids is 1. The van der Waals surface area contributed by atoms with Crippen molar-refractivity contribution in [2.24, 2.45) is 5.92 Å². The van der Waals surface area contributed by atoms with E-state index < -0.39 is 0 Å². The van der Waals surface area contributed by atoms with Gasteiger partial charge in [0.2, 0.25) is 0 Å². The third-order valence-electron chi connectivity index (χ3n) is 7.56. The smallest absolute Gasteiger partial charge is 0.306 e. The van der Waals surface area contributed by atoms with Crippen molar-refractivity contribution in [3.05, 3.63) is 83.2 Å². The summed E-state index contributed by atoms with van der Waals surface area (Å²) in [6, 6.07) is 19.1. The first kappa shape index (κ1) is 23.4. The van der Waals surface area contributed by atoms with Gasteiger partial charge in [-0.2, -0.15) is 0 Å². The van der Waals surface area contributed by atoms with Gasteiger partial charge in [0.25, 0.3) is 0 Å². The van der Waals surface area contributed by atoms with Crippen molar-refractivity contribution >= 4 is 5.97 Å². The van der Waals surface area contributed by atoms with Crippen molar-refractivity contribution in [3.63, 3.8) is 0 Å². The predicted molar refractivity (Wildman–Crippen MR) is 133 cm³/mol. The largest absolute Gasteiger partial charge is 0.497 e. The number of ether oxygens (including phenoxy) is 3. The maximum absolute atomic E-state index is 14.4. The molecule has 1 fully saturated rings. The molecule has 1 aliphatic carbocycles. The molecule has 0 amide bonds. The summed E-state index contributed by atoms with van der Waals surface area (Å²) in [5.74, 6) is 1.78. The van der Waals surface area contributed by atoms with E-state index in [1.165, 1.54) is 25.2 Å². The second-order valence-corrected chi connectivity index (χ2v) is 9.56. The van der Waals surface area contributed by atoms with Gasteiger partial charge in [-0.15, -0.1) is 0 Å². The topological polar surface area (TPSA) is 44.8 Å². The third kappa shape index (κ3) is 4.90. The van der Waals surface area contributed by atoms with E-state index in [-0.39, 0.29) is 23.8 Å². The highest BCUT2D eigenvalue weighted by atomic mass is 19.1. The van der Waals surface area contributed by atoms with Gasteiger partial charge in [0.1, 0.15) is 23.4 Å². The van der Waals surface area contributed by atoms with Crippen LogP contribution in [0.4, 0.5) is 4.39 Å². The number of aryl methyl sites for hydroxylation is 1. The van der Waals surface area contributed by atoms with Crippen molar-refractivity contribution in [3.8, 4) is 22.6 Å². The molecule has 35 heavy (non-hydrogen) atoms. The first-order valence-electron chi connectivity index (χ1n) is 12.4. The van der Waals surface area contributed by atoms with Crippen LogP contribution in [0.3, 0.4) is 0 Å². The van der Waals surface area contributed by atoms with Crippen LogP contribution in [0.15, 0.2) is 60.7 Å². The molecule has 3 aromatic carbocycles. The van der Waals surface area contributed by atoms with E-state index in [0.717, 1.165) is 48.1 Å². The van der Waals surface area contributed by atoms with Crippen LogP contribution in [0.2, 0.25) is 0 Å². The van der Waals surface area contributed by atoms with Crippen LogP contribution in [-0.2, 0) is 16.0 Å². The molecule has 4 nitrogen and oxygen atoms in total. The lowest BCUT2D eigenvalue weighted by Crippen LogP contribution is -2.24. The van der Waals surface area contributed by atoms with E-state index in [9.17, 15) is 9.18 Å². The molecule has 0 radical (unpaired) electrons. The summed E-state index contributed by atoms with van der Waals surface area (Å²) in [6.45, 7) is 0. The molecule has 5 heteroatoms. The van der Waals surface area contributed by atoms with E-state index >= 15 is 0 Å². The van der Waals surface area contributed by atoms with E-state index in [0.29, 0.717) is 23.7 Å². The average Bonchev–Trinajstić information content (AvgIpc) is 2.87. The van der Waals surface area contributed by atoms with Gasteiger partial charge < -0.3 is 14.2 Å². The van der Waals surface area contributed by atoms with Gasteiger partial charge in [0.15, 0.2) is 0 Å². The standard InChI is InChI=1S/C30H31FO4/c1-33-24-13-14-27(31)26(17-24)20-6-8-21(9-7-20)28-15-12-22-10-11-23(16-29(22)35-28)25(18-30(32)34-2)19-4-3-5-19/h6-11,13-14,16-17,19,25,28H,3-5,12,15,18H2,1-2H3/t25-,28-/m0/s1. The maximum Gasteiger partial charge on any atom is 0.306 e. The number of fused-ring (bicyclic) bond motifs is 1. The molecule has 0 aromatic heterocycles. The number of carbonyl (C=O) groups is 1. The quantitative estimate of drug-likeness (QED) is 0.345. The first-order valence-corrected chi connectivity index (χ1v) is 12.4. The van der Waals surface area contributed by atoms with Gasteiger partial charge in [-0.3, -0.25) is 4.79 Å². The Balaban J connectivity index is 1.35. The lowest BCUT2D eigenvalue weighted by atomic mass is 9.71. The fourth-order valence-corrected chi connectivity index (χ4v) is 5.24. The normalized spacial score (nSPS) is 18.1. The zero-order valence-electron chi connectivity index (χ0n) is 20.3. The fraction of sp³-hybridized carbons (Fsp3) is 0.367. The van der Waals surface area contributed by atoms with E-state index in [4.69, 9.17) is 14.2 Å². The molecule has 0 saturated heterocycles. The first-order chi connectivity index (χ1) is 17.1. The highest BCUT2D eigenvalue weighted by molar-refractivity contribution is 5.70. The zero-order chi connectivity index (χ0) is 24.4. The van der Waals surface area contributed by atoms with Gasteiger partial charge in [0, 0.05) is 5.56 Å². The van der Waals surface area contributed by atoms with E-state index in [1.807, 2.05) is 24.3 Å². The molecule has 1 saturated carbocycles. The maximum atomic E-state index is 14.4. The zero-order valence-corrected chi connectivity index (χ0v) is 20.3. The van der Waals surface area contributed by atoms with Gasteiger partial charge >= 0.3 is 5.97 Å². The molecule has 2 atom stereocenters.